The third-order valence-corrected chi connectivity index (χ3v) is 2.63. The van der Waals surface area contributed by atoms with Crippen LogP contribution in [0.3, 0.4) is 0 Å². The summed E-state index contributed by atoms with van der Waals surface area (Å²) in [4.78, 5) is 0. The largest absolute Gasteiger partial charge is 0.321 e. The van der Waals surface area contributed by atoms with Crippen molar-refractivity contribution in [2.45, 2.75) is 20.8 Å². The third-order valence-electron chi connectivity index (χ3n) is 2.63. The second kappa shape index (κ2) is 3.33. The number of aromatic nitrogens is 1. The first-order valence-corrected chi connectivity index (χ1v) is 4.90. The van der Waals surface area contributed by atoms with E-state index in [0.717, 1.165) is 0 Å². The molecule has 0 fully saturated rings. The van der Waals surface area contributed by atoms with Gasteiger partial charge in [0.05, 0.1) is 5.69 Å². The van der Waals surface area contributed by atoms with E-state index in [0.29, 0.717) is 0 Å². The molecule has 72 valence electrons. The standard InChI is InChI=1S/C13H15N/c1-10-6-4-7-11(2)13(10)14-9-5-8-12(14)3/h4-9H,1-3H3. The maximum Gasteiger partial charge on any atom is 0.0510 e. The summed E-state index contributed by atoms with van der Waals surface area (Å²) in [6.45, 7) is 6.44. The summed E-state index contributed by atoms with van der Waals surface area (Å²) in [6.07, 6.45) is 2.12. The smallest absolute Gasteiger partial charge is 0.0510 e. The predicted molar refractivity (Wildman–Crippen MR) is 60.0 cm³/mol. The molecule has 0 aliphatic carbocycles. The highest BCUT2D eigenvalue weighted by atomic mass is 15.0. The fraction of sp³-hybridized carbons (Fsp3) is 0.231. The Balaban J connectivity index is 2.68. The molecule has 0 saturated carbocycles. The van der Waals surface area contributed by atoms with Gasteiger partial charge in [-0.3, -0.25) is 0 Å². The fourth-order valence-electron chi connectivity index (χ4n) is 1.90. The van der Waals surface area contributed by atoms with E-state index >= 15 is 0 Å². The van der Waals surface area contributed by atoms with E-state index in [9.17, 15) is 0 Å². The topological polar surface area (TPSA) is 4.93 Å². The Kier molecular flexibility index (Phi) is 2.16. The van der Waals surface area contributed by atoms with Crippen LogP contribution in [0.1, 0.15) is 16.8 Å². The van der Waals surface area contributed by atoms with Crippen molar-refractivity contribution in [1.29, 1.82) is 0 Å². The molecule has 1 heterocycles. The Bertz CT molecular complexity index is 432. The highest BCUT2D eigenvalue weighted by Crippen LogP contribution is 2.20. The van der Waals surface area contributed by atoms with Gasteiger partial charge >= 0.3 is 0 Å². The quantitative estimate of drug-likeness (QED) is 0.641. The van der Waals surface area contributed by atoms with Crippen LogP contribution in [0.4, 0.5) is 0 Å². The molecule has 0 unspecified atom stereocenters. The van der Waals surface area contributed by atoms with E-state index in [4.69, 9.17) is 0 Å². The molecule has 0 bridgehead atoms. The Morgan fingerprint density at radius 3 is 2.00 bits per heavy atom. The lowest BCUT2D eigenvalue weighted by molar-refractivity contribution is 0.988. The number of benzene rings is 1. The van der Waals surface area contributed by atoms with Crippen LogP contribution in [-0.2, 0) is 0 Å². The van der Waals surface area contributed by atoms with Crippen LogP contribution < -0.4 is 0 Å². The van der Waals surface area contributed by atoms with E-state index in [-0.39, 0.29) is 0 Å². The highest BCUT2D eigenvalue weighted by molar-refractivity contribution is 5.48. The molecule has 1 heteroatoms. The minimum absolute atomic E-state index is 1.28. The van der Waals surface area contributed by atoms with Gasteiger partial charge in [-0.15, -0.1) is 0 Å². The molecular weight excluding hydrogens is 170 g/mol. The maximum atomic E-state index is 2.24. The summed E-state index contributed by atoms with van der Waals surface area (Å²) < 4.78 is 2.24. The summed E-state index contributed by atoms with van der Waals surface area (Å²) >= 11 is 0. The van der Waals surface area contributed by atoms with Crippen molar-refractivity contribution in [3.05, 3.63) is 53.3 Å². The van der Waals surface area contributed by atoms with Crippen LogP contribution >= 0.6 is 0 Å². The zero-order valence-electron chi connectivity index (χ0n) is 8.91. The minimum atomic E-state index is 1.28. The van der Waals surface area contributed by atoms with Gasteiger partial charge in [0.15, 0.2) is 0 Å². The van der Waals surface area contributed by atoms with E-state index in [1.807, 2.05) is 0 Å². The molecule has 2 rings (SSSR count). The molecule has 0 radical (unpaired) electrons. The van der Waals surface area contributed by atoms with Gasteiger partial charge in [-0.2, -0.15) is 0 Å². The van der Waals surface area contributed by atoms with Crippen LogP contribution in [0, 0.1) is 20.8 Å². The molecule has 0 atom stereocenters. The zero-order valence-corrected chi connectivity index (χ0v) is 8.91. The molecule has 0 saturated heterocycles. The van der Waals surface area contributed by atoms with E-state index in [2.05, 4.69) is 61.9 Å². The SMILES string of the molecule is Cc1cccc(C)c1-n1cccc1C. The molecule has 1 aromatic carbocycles. The summed E-state index contributed by atoms with van der Waals surface area (Å²) in [6, 6.07) is 10.6. The lowest BCUT2D eigenvalue weighted by Gasteiger charge is -2.12. The Labute approximate surface area is 85.0 Å². The molecule has 0 amide bonds. The van der Waals surface area contributed by atoms with Gasteiger partial charge in [-0.25, -0.2) is 0 Å². The van der Waals surface area contributed by atoms with Gasteiger partial charge in [-0.05, 0) is 44.0 Å². The van der Waals surface area contributed by atoms with Gasteiger partial charge in [0.25, 0.3) is 0 Å². The highest BCUT2D eigenvalue weighted by Gasteiger charge is 2.04. The molecule has 0 spiro atoms. The molecule has 14 heavy (non-hydrogen) atoms. The van der Waals surface area contributed by atoms with Crippen LogP contribution in [0.15, 0.2) is 36.5 Å². The summed E-state index contributed by atoms with van der Waals surface area (Å²) in [5.41, 5.74) is 5.24. The average Bonchev–Trinajstić information content (AvgIpc) is 2.52. The molecule has 1 aromatic heterocycles. The summed E-state index contributed by atoms with van der Waals surface area (Å²) in [5, 5.41) is 0. The molecule has 0 N–H and O–H groups in total. The third kappa shape index (κ3) is 1.35. The maximum absolute atomic E-state index is 2.24. The van der Waals surface area contributed by atoms with Crippen LogP contribution in [0.2, 0.25) is 0 Å². The van der Waals surface area contributed by atoms with Crippen molar-refractivity contribution in [3.63, 3.8) is 0 Å². The molecule has 2 aromatic rings. The molecule has 0 aliphatic heterocycles. The molecule has 0 aliphatic rings. The van der Waals surface area contributed by atoms with Crippen molar-refractivity contribution in [2.24, 2.45) is 0 Å². The van der Waals surface area contributed by atoms with Crippen LogP contribution in [-0.4, -0.2) is 4.57 Å². The number of hydrogen-bond donors (Lipinski definition) is 0. The lowest BCUT2D eigenvalue weighted by Crippen LogP contribution is -1.99. The number of rotatable bonds is 1. The van der Waals surface area contributed by atoms with Gasteiger partial charge in [0, 0.05) is 11.9 Å². The fourth-order valence-corrected chi connectivity index (χ4v) is 1.90. The van der Waals surface area contributed by atoms with Gasteiger partial charge in [0.2, 0.25) is 0 Å². The van der Waals surface area contributed by atoms with Crippen LogP contribution in [0.25, 0.3) is 5.69 Å². The molecule has 1 nitrogen and oxygen atoms in total. The van der Waals surface area contributed by atoms with Crippen molar-refractivity contribution in [3.8, 4) is 5.69 Å². The van der Waals surface area contributed by atoms with Gasteiger partial charge in [0.1, 0.15) is 0 Å². The molecular formula is C13H15N. The minimum Gasteiger partial charge on any atom is -0.321 e. The van der Waals surface area contributed by atoms with Crippen molar-refractivity contribution < 1.29 is 0 Å². The van der Waals surface area contributed by atoms with Gasteiger partial charge < -0.3 is 4.57 Å². The van der Waals surface area contributed by atoms with Gasteiger partial charge in [-0.1, -0.05) is 18.2 Å². The number of aryl methyl sites for hydroxylation is 3. The van der Waals surface area contributed by atoms with Crippen molar-refractivity contribution in [2.75, 3.05) is 0 Å². The number of nitrogens with zero attached hydrogens (tertiary/aromatic N) is 1. The summed E-state index contributed by atoms with van der Waals surface area (Å²) in [7, 11) is 0. The van der Waals surface area contributed by atoms with E-state index < -0.39 is 0 Å². The zero-order chi connectivity index (χ0) is 10.1. The first kappa shape index (κ1) is 9.07. The second-order valence-electron chi connectivity index (χ2n) is 3.76. The predicted octanol–water partition coefficient (Wildman–Crippen LogP) is 3.40. The second-order valence-corrected chi connectivity index (χ2v) is 3.76. The Hall–Kier alpha value is -1.50. The average molecular weight is 185 g/mol. The Morgan fingerprint density at radius 1 is 0.857 bits per heavy atom. The van der Waals surface area contributed by atoms with E-state index in [1.54, 1.807) is 0 Å². The van der Waals surface area contributed by atoms with Crippen molar-refractivity contribution in [1.82, 2.24) is 4.57 Å². The monoisotopic (exact) mass is 185 g/mol. The summed E-state index contributed by atoms with van der Waals surface area (Å²) in [5.74, 6) is 0. The van der Waals surface area contributed by atoms with Crippen LogP contribution in [0.5, 0.6) is 0 Å². The lowest BCUT2D eigenvalue weighted by atomic mass is 10.1. The first-order valence-electron chi connectivity index (χ1n) is 4.90. The van der Waals surface area contributed by atoms with Crippen molar-refractivity contribution >= 4 is 0 Å². The Morgan fingerprint density at radius 2 is 1.50 bits per heavy atom. The number of para-hydroxylation sites is 1. The number of hydrogen-bond acceptors (Lipinski definition) is 0. The van der Waals surface area contributed by atoms with E-state index in [1.165, 1.54) is 22.5 Å². The normalized spacial score (nSPS) is 10.5. The first-order chi connectivity index (χ1) is 6.70.